The zero-order valence-electron chi connectivity index (χ0n) is 32.3. The first kappa shape index (κ1) is 32.7. The molecule has 0 atom stereocenters. The number of nitrogens with zero attached hydrogens (tertiary/aromatic N) is 1. The van der Waals surface area contributed by atoms with Crippen LogP contribution in [0.3, 0.4) is 0 Å². The number of fused-ring (bicyclic) bond motifs is 19. The van der Waals surface area contributed by atoms with Gasteiger partial charge in [0, 0.05) is 15.5 Å². The van der Waals surface area contributed by atoms with Gasteiger partial charge in [-0.2, -0.15) is 0 Å². The third-order valence-corrected chi connectivity index (χ3v) is 19.7. The van der Waals surface area contributed by atoms with E-state index >= 15 is 0 Å². The predicted molar refractivity (Wildman–Crippen MR) is 246 cm³/mol. The van der Waals surface area contributed by atoms with Crippen LogP contribution in [-0.2, 0) is 5.41 Å². The molecule has 0 fully saturated rings. The van der Waals surface area contributed by atoms with E-state index in [1.54, 1.807) is 0 Å². The highest BCUT2D eigenvalue weighted by molar-refractivity contribution is 7.99. The number of anilines is 3. The fraction of sp³-hybridized carbons (Fsp3) is 0.0545. The summed E-state index contributed by atoms with van der Waals surface area (Å²) in [6.07, 6.45) is 0. The molecule has 272 valence electrons. The van der Waals surface area contributed by atoms with Crippen LogP contribution in [0.15, 0.2) is 198 Å². The van der Waals surface area contributed by atoms with Gasteiger partial charge in [-0.3, -0.25) is 0 Å². The first-order valence-corrected chi connectivity index (χ1v) is 23.2. The molecule has 0 aromatic heterocycles. The molecule has 2 spiro atoms. The summed E-state index contributed by atoms with van der Waals surface area (Å²) >= 11 is 1.90. The molecular weight excluding hydrogens is 735 g/mol. The van der Waals surface area contributed by atoms with Crippen LogP contribution in [0.4, 0.5) is 17.1 Å². The Morgan fingerprint density at radius 2 is 0.914 bits per heavy atom. The van der Waals surface area contributed by atoms with E-state index in [2.05, 4.69) is 207 Å². The smallest absolute Gasteiger partial charge is 0.182 e. The number of rotatable bonds is 1. The van der Waals surface area contributed by atoms with Crippen molar-refractivity contribution in [2.24, 2.45) is 0 Å². The highest BCUT2D eigenvalue weighted by Crippen LogP contribution is 2.63. The highest BCUT2D eigenvalue weighted by Gasteiger charge is 2.55. The fourth-order valence-corrected chi connectivity index (χ4v) is 18.4. The van der Waals surface area contributed by atoms with Crippen LogP contribution in [0, 0.1) is 13.8 Å². The Morgan fingerprint density at radius 1 is 0.397 bits per heavy atom. The molecule has 0 saturated carbocycles. The van der Waals surface area contributed by atoms with Crippen LogP contribution < -0.4 is 25.6 Å². The monoisotopic (exact) mass is 771 g/mol. The summed E-state index contributed by atoms with van der Waals surface area (Å²) in [5, 5.41) is 8.55. The zero-order chi connectivity index (χ0) is 38.3. The van der Waals surface area contributed by atoms with E-state index in [9.17, 15) is 0 Å². The fourth-order valence-electron chi connectivity index (χ4n) is 11.4. The Labute approximate surface area is 344 Å². The van der Waals surface area contributed by atoms with Crippen LogP contribution >= 0.6 is 11.8 Å². The SMILES string of the molecule is Cc1ccc2c(c1)[Si]1(c3ccccc3-c3ccc(N4c5ccccc5C5(c6ccccc6Sc6ccccc65)c5cc6ccccc6cc54)cc31)c1cc(C)ccc1-2. The highest BCUT2D eigenvalue weighted by atomic mass is 32.2. The minimum absolute atomic E-state index is 0.508. The Balaban J connectivity index is 1.15. The molecule has 4 heterocycles. The second kappa shape index (κ2) is 11.6. The van der Waals surface area contributed by atoms with Crippen LogP contribution in [0.25, 0.3) is 33.0 Å². The number of aryl methyl sites for hydroxylation is 2. The predicted octanol–water partition coefficient (Wildman–Crippen LogP) is 11.4. The maximum Gasteiger partial charge on any atom is 0.182 e. The second-order valence-electron chi connectivity index (χ2n) is 16.5. The van der Waals surface area contributed by atoms with E-state index in [0.29, 0.717) is 0 Å². The molecule has 0 radical (unpaired) electrons. The molecule has 9 aromatic rings. The van der Waals surface area contributed by atoms with Gasteiger partial charge in [-0.15, -0.1) is 0 Å². The van der Waals surface area contributed by atoms with E-state index in [0.717, 1.165) is 0 Å². The van der Waals surface area contributed by atoms with Gasteiger partial charge >= 0.3 is 0 Å². The third-order valence-electron chi connectivity index (χ3n) is 13.6. The molecule has 58 heavy (non-hydrogen) atoms. The molecule has 3 heteroatoms. The quantitative estimate of drug-likeness (QED) is 0.153. The van der Waals surface area contributed by atoms with Gasteiger partial charge in [-0.25, -0.2) is 0 Å². The summed E-state index contributed by atoms with van der Waals surface area (Å²) in [6.45, 7) is 4.52. The molecule has 0 aliphatic carbocycles. The van der Waals surface area contributed by atoms with Gasteiger partial charge < -0.3 is 4.90 Å². The average molecular weight is 772 g/mol. The van der Waals surface area contributed by atoms with E-state index < -0.39 is 13.5 Å². The van der Waals surface area contributed by atoms with Crippen molar-refractivity contribution >= 4 is 68.4 Å². The number of para-hydroxylation sites is 1. The van der Waals surface area contributed by atoms with E-state index in [4.69, 9.17) is 0 Å². The largest absolute Gasteiger partial charge is 0.310 e. The van der Waals surface area contributed by atoms with Crippen molar-refractivity contribution in [3.63, 3.8) is 0 Å². The van der Waals surface area contributed by atoms with Gasteiger partial charge in [0.25, 0.3) is 0 Å². The van der Waals surface area contributed by atoms with Crippen molar-refractivity contribution in [3.8, 4) is 22.3 Å². The first-order chi connectivity index (χ1) is 28.6. The Bertz CT molecular complexity index is 3170. The summed E-state index contributed by atoms with van der Waals surface area (Å²) in [5.41, 5.74) is 16.7. The summed E-state index contributed by atoms with van der Waals surface area (Å²) in [7, 11) is -2.70. The van der Waals surface area contributed by atoms with E-state index in [-0.39, 0.29) is 0 Å². The van der Waals surface area contributed by atoms with Gasteiger partial charge in [0.2, 0.25) is 0 Å². The van der Waals surface area contributed by atoms with Crippen molar-refractivity contribution < 1.29 is 0 Å². The van der Waals surface area contributed by atoms with Gasteiger partial charge in [0.05, 0.1) is 16.8 Å². The third kappa shape index (κ3) is 3.98. The molecule has 4 aliphatic rings. The lowest BCUT2D eigenvalue weighted by Crippen LogP contribution is -2.70. The Kier molecular flexibility index (Phi) is 6.53. The first-order valence-electron chi connectivity index (χ1n) is 20.3. The second-order valence-corrected chi connectivity index (χ2v) is 21.3. The molecule has 4 aliphatic heterocycles. The number of hydrogen-bond donors (Lipinski definition) is 0. The molecule has 9 aromatic carbocycles. The van der Waals surface area contributed by atoms with Gasteiger partial charge in [0.1, 0.15) is 0 Å². The summed E-state index contributed by atoms with van der Waals surface area (Å²) < 4.78 is 0. The average Bonchev–Trinajstić information content (AvgIpc) is 3.71. The molecular formula is C55H37NSSi. The minimum atomic E-state index is -2.70. The maximum absolute atomic E-state index is 2.70. The lowest BCUT2D eigenvalue weighted by Gasteiger charge is -2.49. The Morgan fingerprint density at radius 3 is 1.60 bits per heavy atom. The molecule has 0 bridgehead atoms. The van der Waals surface area contributed by atoms with Crippen LogP contribution in [-0.4, -0.2) is 8.07 Å². The van der Waals surface area contributed by atoms with Crippen molar-refractivity contribution in [1.29, 1.82) is 0 Å². The van der Waals surface area contributed by atoms with Crippen molar-refractivity contribution in [1.82, 2.24) is 0 Å². The van der Waals surface area contributed by atoms with Gasteiger partial charge in [0.15, 0.2) is 8.07 Å². The summed E-state index contributed by atoms with van der Waals surface area (Å²) in [4.78, 5) is 5.23. The summed E-state index contributed by atoms with van der Waals surface area (Å²) in [6, 6.07) is 72.6. The van der Waals surface area contributed by atoms with Gasteiger partial charge in [-0.1, -0.05) is 168 Å². The molecule has 0 N–H and O–H groups in total. The molecule has 0 saturated heterocycles. The molecule has 1 nitrogen and oxygen atoms in total. The normalized spacial score (nSPS) is 15.2. The number of hydrogen-bond acceptors (Lipinski definition) is 2. The number of benzene rings is 9. The van der Waals surface area contributed by atoms with Crippen molar-refractivity contribution in [3.05, 3.63) is 221 Å². The zero-order valence-corrected chi connectivity index (χ0v) is 34.1. The van der Waals surface area contributed by atoms with E-state index in [1.165, 1.54) is 114 Å². The molecule has 0 amide bonds. The Hall–Kier alpha value is -6.39. The molecule has 13 rings (SSSR count). The maximum atomic E-state index is 2.61. The lowest BCUT2D eigenvalue weighted by molar-refractivity contribution is 0.693. The van der Waals surface area contributed by atoms with Crippen molar-refractivity contribution in [2.75, 3.05) is 4.90 Å². The van der Waals surface area contributed by atoms with E-state index in [1.807, 2.05) is 11.8 Å². The standard InChI is InChI=1S/C55H37NSSi/c1-34-23-26-40-41-27-24-35(2)30-53(41)58(52(40)29-34)51-22-12-5-15-39(51)42-28-25-38(33-54(42)58)56-47-19-9-6-16-43(47)55(46-31-36-13-3-4-14-37(36)32-48(46)56)44-17-7-10-20-49(44)57-50-21-11-8-18-45(50)55/h3-33H,1-2H3. The minimum Gasteiger partial charge on any atom is -0.310 e. The lowest BCUT2D eigenvalue weighted by atomic mass is 9.62. The van der Waals surface area contributed by atoms with Gasteiger partial charge in [-0.05, 0) is 132 Å². The molecule has 0 unspecified atom stereocenters. The van der Waals surface area contributed by atoms with Crippen LogP contribution in [0.1, 0.15) is 33.4 Å². The van der Waals surface area contributed by atoms with Crippen molar-refractivity contribution in [2.45, 2.75) is 29.1 Å². The summed E-state index contributed by atoms with van der Waals surface area (Å²) in [5.74, 6) is 0. The van der Waals surface area contributed by atoms with Crippen LogP contribution in [0.2, 0.25) is 0 Å². The topological polar surface area (TPSA) is 3.24 Å². The van der Waals surface area contributed by atoms with Crippen LogP contribution in [0.5, 0.6) is 0 Å².